The number of nitrogens with one attached hydrogen (secondary N) is 1. The Morgan fingerprint density at radius 3 is 3.00 bits per heavy atom. The average Bonchev–Trinajstić information content (AvgIpc) is 3.26. The van der Waals surface area contributed by atoms with Crippen LogP contribution in [0.25, 0.3) is 5.52 Å². The second kappa shape index (κ2) is 8.55. The van der Waals surface area contributed by atoms with Crippen molar-refractivity contribution in [3.63, 3.8) is 0 Å². The monoisotopic (exact) mass is 407 g/mol. The summed E-state index contributed by atoms with van der Waals surface area (Å²) in [7, 11) is 0. The molecule has 1 atom stereocenters. The van der Waals surface area contributed by atoms with Crippen LogP contribution in [-0.2, 0) is 19.4 Å². The Morgan fingerprint density at radius 1 is 1.10 bits per heavy atom. The third kappa shape index (κ3) is 3.96. The SMILES string of the molecule is O=c1cc2c(nn1CCN1CCCCC1CNc1nccn3nccc13)CCCC2. The highest BCUT2D eigenvalue weighted by Gasteiger charge is 2.23. The highest BCUT2D eigenvalue weighted by atomic mass is 16.1. The van der Waals surface area contributed by atoms with Crippen molar-refractivity contribution in [3.8, 4) is 0 Å². The molecule has 2 aliphatic rings. The highest BCUT2D eigenvalue weighted by molar-refractivity contribution is 5.66. The Bertz CT molecular complexity index is 1070. The maximum absolute atomic E-state index is 12.5. The van der Waals surface area contributed by atoms with Gasteiger partial charge in [-0.2, -0.15) is 10.2 Å². The summed E-state index contributed by atoms with van der Waals surface area (Å²) in [6, 6.07) is 4.22. The lowest BCUT2D eigenvalue weighted by molar-refractivity contribution is 0.147. The number of fused-ring (bicyclic) bond motifs is 2. The van der Waals surface area contributed by atoms with Crippen LogP contribution < -0.4 is 10.9 Å². The molecule has 3 aromatic heterocycles. The lowest BCUT2D eigenvalue weighted by Gasteiger charge is -2.36. The molecule has 0 spiro atoms. The maximum Gasteiger partial charge on any atom is 0.267 e. The molecule has 30 heavy (non-hydrogen) atoms. The molecular weight excluding hydrogens is 378 g/mol. The van der Waals surface area contributed by atoms with Crippen LogP contribution in [0.4, 0.5) is 5.82 Å². The molecule has 1 N–H and O–H groups in total. The fourth-order valence-electron chi connectivity index (χ4n) is 4.78. The number of likely N-dealkylation sites (tertiary alicyclic amines) is 1. The number of aromatic nitrogens is 5. The van der Waals surface area contributed by atoms with Crippen molar-refractivity contribution in [2.45, 2.75) is 57.5 Å². The van der Waals surface area contributed by atoms with Crippen molar-refractivity contribution in [1.29, 1.82) is 0 Å². The Labute approximate surface area is 175 Å². The number of piperidine rings is 1. The van der Waals surface area contributed by atoms with Gasteiger partial charge >= 0.3 is 0 Å². The van der Waals surface area contributed by atoms with Gasteiger partial charge in [0.15, 0.2) is 5.82 Å². The smallest absolute Gasteiger partial charge is 0.267 e. The molecule has 1 aliphatic carbocycles. The van der Waals surface area contributed by atoms with Gasteiger partial charge in [0, 0.05) is 37.6 Å². The minimum Gasteiger partial charge on any atom is -0.367 e. The van der Waals surface area contributed by atoms with E-state index in [9.17, 15) is 4.79 Å². The maximum atomic E-state index is 12.5. The normalized spacial score (nSPS) is 19.7. The first-order valence-electron chi connectivity index (χ1n) is 11.1. The van der Waals surface area contributed by atoms with E-state index in [1.165, 1.54) is 25.7 Å². The molecule has 0 amide bonds. The predicted molar refractivity (Wildman–Crippen MR) is 116 cm³/mol. The Morgan fingerprint density at radius 2 is 2.03 bits per heavy atom. The third-order valence-electron chi connectivity index (χ3n) is 6.45. The standard InChI is InChI=1S/C22H29N7O/c30-21-15-17-5-1-2-7-19(17)26-29(21)14-13-27-11-4-3-6-18(27)16-24-22-20-8-9-25-28(20)12-10-23-22/h8-10,12,15,18H,1-7,11,13-14,16H2,(H,23,24). The van der Waals surface area contributed by atoms with Gasteiger partial charge in [-0.15, -0.1) is 0 Å². The number of aryl methyl sites for hydroxylation is 2. The molecule has 0 saturated carbocycles. The number of anilines is 1. The van der Waals surface area contributed by atoms with E-state index < -0.39 is 0 Å². The summed E-state index contributed by atoms with van der Waals surface area (Å²) < 4.78 is 3.51. The van der Waals surface area contributed by atoms with Crippen molar-refractivity contribution in [1.82, 2.24) is 29.3 Å². The summed E-state index contributed by atoms with van der Waals surface area (Å²) in [4.78, 5) is 19.5. The van der Waals surface area contributed by atoms with Gasteiger partial charge in [-0.05, 0) is 56.7 Å². The molecule has 1 unspecified atom stereocenters. The van der Waals surface area contributed by atoms with Crippen LogP contribution >= 0.6 is 0 Å². The Kier molecular flexibility index (Phi) is 5.48. The lowest BCUT2D eigenvalue weighted by Crippen LogP contribution is -2.45. The molecule has 3 aromatic rings. The quantitative estimate of drug-likeness (QED) is 0.674. The molecule has 1 saturated heterocycles. The molecule has 158 valence electrons. The number of rotatable bonds is 6. The molecule has 1 aliphatic heterocycles. The van der Waals surface area contributed by atoms with Crippen molar-refractivity contribution in [2.75, 3.05) is 25.0 Å². The van der Waals surface area contributed by atoms with E-state index in [0.29, 0.717) is 12.6 Å². The molecule has 0 bridgehead atoms. The summed E-state index contributed by atoms with van der Waals surface area (Å²) in [5.41, 5.74) is 3.31. The van der Waals surface area contributed by atoms with Crippen LogP contribution in [0, 0.1) is 0 Å². The second-order valence-electron chi connectivity index (χ2n) is 8.39. The minimum absolute atomic E-state index is 0.0407. The van der Waals surface area contributed by atoms with Crippen LogP contribution in [-0.4, -0.2) is 55.0 Å². The van der Waals surface area contributed by atoms with Gasteiger partial charge in [0.05, 0.1) is 18.4 Å². The lowest BCUT2D eigenvalue weighted by atomic mass is 9.97. The molecule has 8 heteroatoms. The first kappa shape index (κ1) is 19.2. The molecular formula is C22H29N7O. The topological polar surface area (TPSA) is 80.4 Å². The molecule has 1 fully saturated rings. The largest absolute Gasteiger partial charge is 0.367 e. The van der Waals surface area contributed by atoms with Gasteiger partial charge in [0.1, 0.15) is 5.52 Å². The highest BCUT2D eigenvalue weighted by Crippen LogP contribution is 2.20. The zero-order valence-electron chi connectivity index (χ0n) is 17.3. The minimum atomic E-state index is 0.0407. The van der Waals surface area contributed by atoms with Crippen LogP contribution in [0.5, 0.6) is 0 Å². The van der Waals surface area contributed by atoms with E-state index in [4.69, 9.17) is 0 Å². The van der Waals surface area contributed by atoms with Gasteiger partial charge in [0.2, 0.25) is 0 Å². The summed E-state index contributed by atoms with van der Waals surface area (Å²) in [6.07, 6.45) is 13.4. The Balaban J connectivity index is 1.24. The summed E-state index contributed by atoms with van der Waals surface area (Å²) in [5, 5.41) is 12.5. The zero-order valence-corrected chi connectivity index (χ0v) is 17.3. The molecule has 0 aromatic carbocycles. The first-order valence-corrected chi connectivity index (χ1v) is 11.1. The average molecular weight is 408 g/mol. The van der Waals surface area contributed by atoms with Gasteiger partial charge in [-0.3, -0.25) is 9.69 Å². The predicted octanol–water partition coefficient (Wildman–Crippen LogP) is 2.13. The number of hydrogen-bond donors (Lipinski definition) is 1. The summed E-state index contributed by atoms with van der Waals surface area (Å²) in [6.45, 7) is 3.40. The van der Waals surface area contributed by atoms with E-state index in [1.54, 1.807) is 17.1 Å². The van der Waals surface area contributed by atoms with E-state index in [1.807, 2.05) is 22.8 Å². The van der Waals surface area contributed by atoms with Crippen molar-refractivity contribution in [2.24, 2.45) is 0 Å². The van der Waals surface area contributed by atoms with Crippen molar-refractivity contribution < 1.29 is 0 Å². The van der Waals surface area contributed by atoms with E-state index in [0.717, 1.165) is 61.5 Å². The fraction of sp³-hybridized carbons (Fsp3) is 0.545. The summed E-state index contributed by atoms with van der Waals surface area (Å²) >= 11 is 0. The van der Waals surface area contributed by atoms with Gasteiger partial charge < -0.3 is 5.32 Å². The van der Waals surface area contributed by atoms with Gasteiger partial charge in [-0.25, -0.2) is 14.2 Å². The molecule has 5 rings (SSSR count). The molecule has 4 heterocycles. The second-order valence-corrected chi connectivity index (χ2v) is 8.39. The molecule has 8 nitrogen and oxygen atoms in total. The summed E-state index contributed by atoms with van der Waals surface area (Å²) in [5.74, 6) is 0.869. The van der Waals surface area contributed by atoms with E-state index in [-0.39, 0.29) is 5.56 Å². The van der Waals surface area contributed by atoms with Gasteiger partial charge in [-0.1, -0.05) is 6.42 Å². The van der Waals surface area contributed by atoms with Gasteiger partial charge in [0.25, 0.3) is 5.56 Å². The van der Waals surface area contributed by atoms with Crippen LogP contribution in [0.15, 0.2) is 35.5 Å². The van der Waals surface area contributed by atoms with Crippen molar-refractivity contribution >= 4 is 11.3 Å². The fourth-order valence-corrected chi connectivity index (χ4v) is 4.78. The Hall–Kier alpha value is -2.74. The van der Waals surface area contributed by atoms with Crippen LogP contribution in [0.2, 0.25) is 0 Å². The zero-order chi connectivity index (χ0) is 20.3. The van der Waals surface area contributed by atoms with Crippen molar-refractivity contribution in [3.05, 3.63) is 52.3 Å². The third-order valence-corrected chi connectivity index (χ3v) is 6.45. The first-order chi connectivity index (χ1) is 14.8. The number of nitrogens with zero attached hydrogens (tertiary/aromatic N) is 6. The van der Waals surface area contributed by atoms with E-state index >= 15 is 0 Å². The van der Waals surface area contributed by atoms with E-state index in [2.05, 4.69) is 25.4 Å². The molecule has 0 radical (unpaired) electrons. The van der Waals surface area contributed by atoms with Crippen LogP contribution in [0.1, 0.15) is 43.4 Å². The van der Waals surface area contributed by atoms with Crippen LogP contribution in [0.3, 0.4) is 0 Å². The number of hydrogen-bond acceptors (Lipinski definition) is 6.